The second-order valence-electron chi connectivity index (χ2n) is 4.93. The summed E-state index contributed by atoms with van der Waals surface area (Å²) in [5.74, 6) is 0.977. The molecule has 0 aromatic heterocycles. The van der Waals surface area contributed by atoms with E-state index in [9.17, 15) is 0 Å². The van der Waals surface area contributed by atoms with Crippen molar-refractivity contribution >= 4 is 0 Å². The van der Waals surface area contributed by atoms with Gasteiger partial charge in [-0.05, 0) is 43.5 Å². The Hall–Kier alpha value is -1.76. The second kappa shape index (κ2) is 8.42. The average molecular weight is 270 g/mol. The molecule has 0 spiro atoms. The van der Waals surface area contributed by atoms with E-state index in [2.05, 4.69) is 58.0 Å². The van der Waals surface area contributed by atoms with Gasteiger partial charge in [0.15, 0.2) is 0 Å². The first-order chi connectivity index (χ1) is 9.63. The van der Waals surface area contributed by atoms with Crippen molar-refractivity contribution in [2.24, 2.45) is 0 Å². The highest BCUT2D eigenvalue weighted by Gasteiger charge is 2.06. The lowest BCUT2D eigenvalue weighted by atomic mass is 9.99. The molecule has 0 unspecified atom stereocenters. The number of hydrogen-bond acceptors (Lipinski definition) is 1. The SMILES string of the molecule is CCC.CCOc1cccc(-c2ccc(C)cc2)c1C. The Morgan fingerprint density at radius 3 is 2.00 bits per heavy atom. The third kappa shape index (κ3) is 4.41. The van der Waals surface area contributed by atoms with E-state index in [1.807, 2.05) is 19.1 Å². The zero-order valence-corrected chi connectivity index (χ0v) is 13.4. The zero-order chi connectivity index (χ0) is 15.0. The van der Waals surface area contributed by atoms with Crippen LogP contribution in [0.2, 0.25) is 0 Å². The maximum atomic E-state index is 5.62. The van der Waals surface area contributed by atoms with Gasteiger partial charge in [-0.1, -0.05) is 62.2 Å². The van der Waals surface area contributed by atoms with Crippen LogP contribution in [-0.2, 0) is 0 Å². The lowest BCUT2D eigenvalue weighted by Gasteiger charge is -2.12. The minimum absolute atomic E-state index is 0.707. The van der Waals surface area contributed by atoms with Gasteiger partial charge in [0.25, 0.3) is 0 Å². The van der Waals surface area contributed by atoms with Crippen LogP contribution in [0.25, 0.3) is 11.1 Å². The minimum atomic E-state index is 0.707. The standard InChI is InChI=1S/C16H18O.C3H8/c1-4-17-16-7-5-6-15(13(16)3)14-10-8-12(2)9-11-14;1-3-2/h5-11H,4H2,1-3H3;3H2,1-2H3. The van der Waals surface area contributed by atoms with Crippen molar-refractivity contribution in [2.45, 2.75) is 41.0 Å². The van der Waals surface area contributed by atoms with E-state index in [1.165, 1.54) is 28.7 Å². The predicted molar refractivity (Wildman–Crippen MR) is 88.5 cm³/mol. The average Bonchev–Trinajstić information content (AvgIpc) is 2.43. The Morgan fingerprint density at radius 1 is 0.850 bits per heavy atom. The fourth-order valence-electron chi connectivity index (χ4n) is 1.97. The molecule has 20 heavy (non-hydrogen) atoms. The van der Waals surface area contributed by atoms with Crippen LogP contribution in [0, 0.1) is 13.8 Å². The second-order valence-corrected chi connectivity index (χ2v) is 4.93. The third-order valence-electron chi connectivity index (χ3n) is 2.95. The molecule has 2 rings (SSSR count). The van der Waals surface area contributed by atoms with Crippen molar-refractivity contribution in [2.75, 3.05) is 6.61 Å². The van der Waals surface area contributed by atoms with Crippen LogP contribution in [0.3, 0.4) is 0 Å². The molecule has 0 saturated carbocycles. The molecule has 0 saturated heterocycles. The molecule has 0 atom stereocenters. The van der Waals surface area contributed by atoms with Crippen molar-refractivity contribution in [1.29, 1.82) is 0 Å². The summed E-state index contributed by atoms with van der Waals surface area (Å²) in [5.41, 5.74) is 4.98. The Bertz CT molecular complexity index is 512. The van der Waals surface area contributed by atoms with E-state index in [-0.39, 0.29) is 0 Å². The van der Waals surface area contributed by atoms with Crippen LogP contribution in [0.5, 0.6) is 5.75 Å². The number of ether oxygens (including phenoxy) is 1. The molecular formula is C19H26O. The van der Waals surface area contributed by atoms with E-state index < -0.39 is 0 Å². The predicted octanol–water partition coefficient (Wildman–Crippen LogP) is 5.79. The summed E-state index contributed by atoms with van der Waals surface area (Å²) in [4.78, 5) is 0. The van der Waals surface area contributed by atoms with Gasteiger partial charge in [-0.2, -0.15) is 0 Å². The fourth-order valence-corrected chi connectivity index (χ4v) is 1.97. The smallest absolute Gasteiger partial charge is 0.122 e. The van der Waals surface area contributed by atoms with Gasteiger partial charge in [-0.3, -0.25) is 0 Å². The summed E-state index contributed by atoms with van der Waals surface area (Å²) < 4.78 is 5.62. The number of benzene rings is 2. The van der Waals surface area contributed by atoms with Crippen LogP contribution >= 0.6 is 0 Å². The molecule has 108 valence electrons. The quantitative estimate of drug-likeness (QED) is 0.686. The Balaban J connectivity index is 0.000000612. The van der Waals surface area contributed by atoms with Crippen molar-refractivity contribution < 1.29 is 4.74 Å². The van der Waals surface area contributed by atoms with E-state index in [1.54, 1.807) is 0 Å². The molecule has 1 nitrogen and oxygen atoms in total. The molecule has 0 aliphatic rings. The monoisotopic (exact) mass is 270 g/mol. The van der Waals surface area contributed by atoms with Crippen LogP contribution in [0.15, 0.2) is 42.5 Å². The Kier molecular flexibility index (Phi) is 6.86. The van der Waals surface area contributed by atoms with E-state index in [4.69, 9.17) is 4.74 Å². The summed E-state index contributed by atoms with van der Waals surface area (Å²) in [6.45, 7) is 11.2. The van der Waals surface area contributed by atoms with Gasteiger partial charge in [0.05, 0.1) is 6.61 Å². The topological polar surface area (TPSA) is 9.23 Å². The molecular weight excluding hydrogens is 244 g/mol. The van der Waals surface area contributed by atoms with Gasteiger partial charge in [0.2, 0.25) is 0 Å². The molecule has 0 bridgehead atoms. The molecule has 0 N–H and O–H groups in total. The Morgan fingerprint density at radius 2 is 1.45 bits per heavy atom. The maximum Gasteiger partial charge on any atom is 0.122 e. The highest BCUT2D eigenvalue weighted by atomic mass is 16.5. The van der Waals surface area contributed by atoms with E-state index >= 15 is 0 Å². The van der Waals surface area contributed by atoms with E-state index in [0.29, 0.717) is 6.61 Å². The van der Waals surface area contributed by atoms with Gasteiger partial charge in [-0.25, -0.2) is 0 Å². The van der Waals surface area contributed by atoms with Crippen LogP contribution in [-0.4, -0.2) is 6.61 Å². The third-order valence-corrected chi connectivity index (χ3v) is 2.95. The number of rotatable bonds is 3. The van der Waals surface area contributed by atoms with Crippen LogP contribution in [0.4, 0.5) is 0 Å². The highest BCUT2D eigenvalue weighted by molar-refractivity contribution is 5.69. The molecule has 0 radical (unpaired) electrons. The summed E-state index contributed by atoms with van der Waals surface area (Å²) in [6.07, 6.45) is 1.25. The first-order valence-corrected chi connectivity index (χ1v) is 7.43. The molecule has 0 fully saturated rings. The first-order valence-electron chi connectivity index (χ1n) is 7.43. The highest BCUT2D eigenvalue weighted by Crippen LogP contribution is 2.29. The largest absolute Gasteiger partial charge is 0.494 e. The van der Waals surface area contributed by atoms with Crippen LogP contribution < -0.4 is 4.74 Å². The van der Waals surface area contributed by atoms with E-state index in [0.717, 1.165) is 5.75 Å². The lowest BCUT2D eigenvalue weighted by Crippen LogP contribution is -1.95. The molecule has 1 heteroatoms. The van der Waals surface area contributed by atoms with Crippen molar-refractivity contribution in [3.8, 4) is 16.9 Å². The van der Waals surface area contributed by atoms with Crippen LogP contribution in [0.1, 0.15) is 38.3 Å². The molecule has 2 aromatic rings. The minimum Gasteiger partial charge on any atom is -0.494 e. The summed E-state index contributed by atoms with van der Waals surface area (Å²) >= 11 is 0. The van der Waals surface area contributed by atoms with Crippen molar-refractivity contribution in [1.82, 2.24) is 0 Å². The van der Waals surface area contributed by atoms with Gasteiger partial charge < -0.3 is 4.74 Å². The van der Waals surface area contributed by atoms with Crippen molar-refractivity contribution in [3.63, 3.8) is 0 Å². The van der Waals surface area contributed by atoms with Gasteiger partial charge in [-0.15, -0.1) is 0 Å². The molecule has 2 aromatic carbocycles. The van der Waals surface area contributed by atoms with Crippen molar-refractivity contribution in [3.05, 3.63) is 53.6 Å². The summed E-state index contributed by atoms with van der Waals surface area (Å²) in [6, 6.07) is 14.8. The van der Waals surface area contributed by atoms with Gasteiger partial charge in [0.1, 0.15) is 5.75 Å². The maximum absolute atomic E-state index is 5.62. The Labute approximate surface area is 123 Å². The zero-order valence-electron chi connectivity index (χ0n) is 13.4. The first kappa shape index (κ1) is 16.3. The molecule has 0 heterocycles. The number of hydrogen-bond donors (Lipinski definition) is 0. The molecule has 0 aliphatic heterocycles. The molecule has 0 aliphatic carbocycles. The summed E-state index contributed by atoms with van der Waals surface area (Å²) in [7, 11) is 0. The number of aryl methyl sites for hydroxylation is 1. The van der Waals surface area contributed by atoms with Gasteiger partial charge >= 0.3 is 0 Å². The lowest BCUT2D eigenvalue weighted by molar-refractivity contribution is 0.338. The summed E-state index contributed by atoms with van der Waals surface area (Å²) in [5, 5.41) is 0. The molecule has 0 amide bonds. The fraction of sp³-hybridized carbons (Fsp3) is 0.368. The van der Waals surface area contributed by atoms with Gasteiger partial charge in [0, 0.05) is 0 Å². The normalized spacial score (nSPS) is 9.65.